The average Bonchev–Trinajstić information content (AvgIpc) is 2.78. The van der Waals surface area contributed by atoms with E-state index in [-0.39, 0.29) is 24.7 Å². The standard InChI is InChI=1S/C24H32ClF3N2O4S/c1-23(2)17-4-3-16(20(23)11-17)14-34-15-19(31)13-29-7-9-30(10-8-29)35(32,33)22-12-18(24(26,27)28)5-6-21(22)25/h3,5-6,12,17,19-20,31H,4,7-11,13-15H2,1-2H3. The second kappa shape index (κ2) is 9.95. The van der Waals surface area contributed by atoms with Gasteiger partial charge < -0.3 is 9.84 Å². The normalized spacial score (nSPS) is 26.2. The van der Waals surface area contributed by atoms with Crippen molar-refractivity contribution in [3.63, 3.8) is 0 Å². The number of rotatable bonds is 8. The van der Waals surface area contributed by atoms with Crippen LogP contribution in [0.15, 0.2) is 34.7 Å². The molecule has 2 bridgehead atoms. The van der Waals surface area contributed by atoms with Crippen molar-refractivity contribution in [1.29, 1.82) is 0 Å². The Bertz CT molecular complexity index is 1070. The number of allylic oxidation sites excluding steroid dienone is 1. The van der Waals surface area contributed by atoms with E-state index in [1.165, 1.54) is 12.0 Å². The van der Waals surface area contributed by atoms with Gasteiger partial charge in [0, 0.05) is 32.7 Å². The van der Waals surface area contributed by atoms with Crippen LogP contribution in [-0.2, 0) is 20.9 Å². The molecule has 1 aromatic carbocycles. The molecule has 3 aliphatic carbocycles. The van der Waals surface area contributed by atoms with Crippen LogP contribution in [0.3, 0.4) is 0 Å². The second-order valence-electron chi connectivity index (χ2n) is 10.3. The molecule has 1 aromatic rings. The molecule has 4 aliphatic rings. The van der Waals surface area contributed by atoms with Crippen LogP contribution in [0.1, 0.15) is 32.3 Å². The zero-order valence-corrected chi connectivity index (χ0v) is 21.5. The first-order valence-electron chi connectivity index (χ1n) is 11.8. The Hall–Kier alpha value is -1.17. The third kappa shape index (κ3) is 5.57. The van der Waals surface area contributed by atoms with E-state index in [9.17, 15) is 26.7 Å². The van der Waals surface area contributed by atoms with Gasteiger partial charge in [-0.3, -0.25) is 4.90 Å². The number of aliphatic hydroxyl groups is 1. The summed E-state index contributed by atoms with van der Waals surface area (Å²) in [4.78, 5) is 1.38. The van der Waals surface area contributed by atoms with Gasteiger partial charge in [-0.25, -0.2) is 8.42 Å². The van der Waals surface area contributed by atoms with Crippen LogP contribution in [0.5, 0.6) is 0 Å². The molecular formula is C24H32ClF3N2O4S. The highest BCUT2D eigenvalue weighted by molar-refractivity contribution is 7.89. The van der Waals surface area contributed by atoms with E-state index in [2.05, 4.69) is 19.9 Å². The number of hydrogen-bond acceptors (Lipinski definition) is 5. The quantitative estimate of drug-likeness (QED) is 0.508. The molecule has 35 heavy (non-hydrogen) atoms. The molecule has 0 radical (unpaired) electrons. The second-order valence-corrected chi connectivity index (χ2v) is 12.7. The van der Waals surface area contributed by atoms with Crippen LogP contribution in [0, 0.1) is 17.3 Å². The van der Waals surface area contributed by atoms with Gasteiger partial charge in [-0.05, 0) is 53.9 Å². The number of alkyl halides is 3. The number of piperazine rings is 1. The third-order valence-electron chi connectivity index (χ3n) is 7.84. The zero-order valence-electron chi connectivity index (χ0n) is 19.9. The first kappa shape index (κ1) is 26.9. The first-order chi connectivity index (χ1) is 16.3. The summed E-state index contributed by atoms with van der Waals surface area (Å²) < 4.78 is 72.0. The van der Waals surface area contributed by atoms with Crippen LogP contribution in [0.2, 0.25) is 5.02 Å². The maximum absolute atomic E-state index is 13.1. The summed E-state index contributed by atoms with van der Waals surface area (Å²) in [5.74, 6) is 1.31. The summed E-state index contributed by atoms with van der Waals surface area (Å²) in [6.07, 6.45) is -0.821. The minimum atomic E-state index is -4.67. The predicted octanol–water partition coefficient (Wildman–Crippen LogP) is 4.04. The summed E-state index contributed by atoms with van der Waals surface area (Å²) in [6, 6.07) is 2.30. The molecule has 0 amide bonds. The van der Waals surface area contributed by atoms with Crippen LogP contribution >= 0.6 is 11.6 Å². The van der Waals surface area contributed by atoms with E-state index < -0.39 is 32.8 Å². The Balaban J connectivity index is 1.25. The topological polar surface area (TPSA) is 70.1 Å². The molecule has 5 rings (SSSR count). The van der Waals surface area contributed by atoms with Crippen LogP contribution in [-0.4, -0.2) is 74.8 Å². The van der Waals surface area contributed by atoms with Crippen molar-refractivity contribution in [1.82, 2.24) is 9.21 Å². The fraction of sp³-hybridized carbons (Fsp3) is 0.667. The van der Waals surface area contributed by atoms with Gasteiger partial charge in [-0.2, -0.15) is 17.5 Å². The molecule has 1 heterocycles. The van der Waals surface area contributed by atoms with E-state index in [1.807, 2.05) is 4.90 Å². The van der Waals surface area contributed by atoms with Crippen LogP contribution < -0.4 is 0 Å². The van der Waals surface area contributed by atoms with Gasteiger partial charge in [0.2, 0.25) is 10.0 Å². The summed E-state index contributed by atoms with van der Waals surface area (Å²) in [5.41, 5.74) is 0.577. The lowest BCUT2D eigenvalue weighted by molar-refractivity contribution is -0.137. The lowest BCUT2D eigenvalue weighted by Crippen LogP contribution is -2.51. The number of halogens is 4. The molecule has 11 heteroatoms. The number of fused-ring (bicyclic) bond motifs is 1. The number of β-amino-alcohol motifs (C(OH)–C–C–N with tert-alkyl or cyclic N) is 1. The van der Waals surface area contributed by atoms with Crippen molar-refractivity contribution in [3.8, 4) is 0 Å². The number of nitrogens with zero attached hydrogens (tertiary/aromatic N) is 2. The molecule has 1 saturated heterocycles. The smallest absolute Gasteiger partial charge is 0.389 e. The molecule has 2 fully saturated rings. The summed E-state index contributed by atoms with van der Waals surface area (Å²) in [6.45, 7) is 6.50. The lowest BCUT2D eigenvalue weighted by atomic mass is 9.49. The predicted molar refractivity (Wildman–Crippen MR) is 127 cm³/mol. The number of benzene rings is 1. The van der Waals surface area contributed by atoms with Gasteiger partial charge in [-0.15, -0.1) is 0 Å². The largest absolute Gasteiger partial charge is 0.416 e. The Morgan fingerprint density at radius 2 is 1.91 bits per heavy atom. The van der Waals surface area contributed by atoms with E-state index in [0.29, 0.717) is 43.6 Å². The Morgan fingerprint density at radius 1 is 1.23 bits per heavy atom. The summed E-state index contributed by atoms with van der Waals surface area (Å²) in [5, 5.41) is 10.2. The molecule has 6 nitrogen and oxygen atoms in total. The zero-order chi connectivity index (χ0) is 25.6. The van der Waals surface area contributed by atoms with Crippen molar-refractivity contribution in [2.24, 2.45) is 17.3 Å². The number of sulfonamides is 1. The monoisotopic (exact) mass is 536 g/mol. The maximum Gasteiger partial charge on any atom is 0.416 e. The Morgan fingerprint density at radius 3 is 2.51 bits per heavy atom. The van der Waals surface area contributed by atoms with Gasteiger partial charge in [-0.1, -0.05) is 31.5 Å². The molecule has 1 N–H and O–H groups in total. The van der Waals surface area contributed by atoms with Crippen molar-refractivity contribution in [2.45, 2.75) is 43.9 Å². The van der Waals surface area contributed by atoms with E-state index in [0.717, 1.165) is 28.8 Å². The van der Waals surface area contributed by atoms with Crippen molar-refractivity contribution in [3.05, 3.63) is 40.4 Å². The Labute approximate surface area is 209 Å². The fourth-order valence-electron chi connectivity index (χ4n) is 5.47. The highest BCUT2D eigenvalue weighted by atomic mass is 35.5. The SMILES string of the molecule is CC1(C)C2CC=C(COCC(O)CN3CCN(S(=O)(=O)c4cc(C(F)(F)F)ccc4Cl)CC3)C1C2. The highest BCUT2D eigenvalue weighted by Gasteiger charge is 2.51. The van der Waals surface area contributed by atoms with Gasteiger partial charge in [0.25, 0.3) is 0 Å². The number of hydrogen-bond donors (Lipinski definition) is 1. The molecule has 0 aromatic heterocycles. The molecule has 3 unspecified atom stereocenters. The first-order valence-corrected chi connectivity index (χ1v) is 13.7. The molecule has 0 spiro atoms. The minimum absolute atomic E-state index is 0.0906. The lowest BCUT2D eigenvalue weighted by Gasteiger charge is -2.56. The summed E-state index contributed by atoms with van der Waals surface area (Å²) >= 11 is 5.94. The molecule has 1 aliphatic heterocycles. The molecule has 1 saturated carbocycles. The van der Waals surface area contributed by atoms with Crippen LogP contribution in [0.25, 0.3) is 0 Å². The average molecular weight is 537 g/mol. The number of ether oxygens (including phenoxy) is 1. The van der Waals surface area contributed by atoms with E-state index >= 15 is 0 Å². The fourth-order valence-corrected chi connectivity index (χ4v) is 7.40. The molecular weight excluding hydrogens is 505 g/mol. The van der Waals surface area contributed by atoms with Gasteiger partial charge >= 0.3 is 6.18 Å². The van der Waals surface area contributed by atoms with Crippen LogP contribution in [0.4, 0.5) is 13.2 Å². The Kier molecular flexibility index (Phi) is 7.64. The van der Waals surface area contributed by atoms with Crippen molar-refractivity contribution >= 4 is 21.6 Å². The van der Waals surface area contributed by atoms with Gasteiger partial charge in [0.15, 0.2) is 0 Å². The molecule has 196 valence electrons. The highest BCUT2D eigenvalue weighted by Crippen LogP contribution is 2.59. The maximum atomic E-state index is 13.1. The molecule has 3 atom stereocenters. The third-order valence-corrected chi connectivity index (χ3v) is 10.2. The minimum Gasteiger partial charge on any atom is -0.389 e. The number of aliphatic hydroxyl groups excluding tert-OH is 1. The van der Waals surface area contributed by atoms with Crippen molar-refractivity contribution in [2.75, 3.05) is 45.9 Å². The van der Waals surface area contributed by atoms with Crippen molar-refractivity contribution < 1.29 is 31.4 Å². The van der Waals surface area contributed by atoms with E-state index in [4.69, 9.17) is 16.3 Å². The van der Waals surface area contributed by atoms with Gasteiger partial charge in [0.1, 0.15) is 4.90 Å². The van der Waals surface area contributed by atoms with Gasteiger partial charge in [0.05, 0.1) is 29.9 Å². The summed E-state index contributed by atoms with van der Waals surface area (Å²) in [7, 11) is -4.18. The van der Waals surface area contributed by atoms with E-state index in [1.54, 1.807) is 0 Å².